The number of phenols is 1. The lowest BCUT2D eigenvalue weighted by Crippen LogP contribution is -2.20. The lowest BCUT2D eigenvalue weighted by atomic mass is 9.87. The summed E-state index contributed by atoms with van der Waals surface area (Å²) in [7, 11) is 0. The molecular weight excluding hydrogens is 276 g/mol. The predicted octanol–water partition coefficient (Wildman–Crippen LogP) is 2.63. The van der Waals surface area contributed by atoms with E-state index in [1.165, 1.54) is 12.5 Å². The number of rotatable bonds is 2. The van der Waals surface area contributed by atoms with Crippen molar-refractivity contribution in [2.24, 2.45) is 0 Å². The molecule has 114 valence electrons. The molecule has 3 rings (SSSR count). The summed E-state index contributed by atoms with van der Waals surface area (Å²) in [5, 5.41) is 16.3. The van der Waals surface area contributed by atoms with Crippen LogP contribution < -0.4 is 10.6 Å². The number of carbonyl (C=O) groups excluding carboxylic acids is 1. The molecule has 1 aliphatic rings. The van der Waals surface area contributed by atoms with Crippen molar-refractivity contribution in [3.05, 3.63) is 59.2 Å². The SMILES string of the molecule is CC(=O)Nc1cc2c(cc1O)CCNCC2c1ccccc1. The first-order valence-corrected chi connectivity index (χ1v) is 7.54. The third-order valence-corrected chi connectivity index (χ3v) is 4.07. The number of fused-ring (bicyclic) bond motifs is 1. The zero-order chi connectivity index (χ0) is 15.5. The van der Waals surface area contributed by atoms with Gasteiger partial charge in [-0.15, -0.1) is 0 Å². The number of anilines is 1. The summed E-state index contributed by atoms with van der Waals surface area (Å²) < 4.78 is 0. The monoisotopic (exact) mass is 296 g/mol. The molecule has 0 saturated carbocycles. The van der Waals surface area contributed by atoms with Crippen LogP contribution in [-0.4, -0.2) is 24.1 Å². The second-order valence-electron chi connectivity index (χ2n) is 5.67. The van der Waals surface area contributed by atoms with E-state index in [1.54, 1.807) is 6.07 Å². The molecule has 22 heavy (non-hydrogen) atoms. The van der Waals surface area contributed by atoms with E-state index in [2.05, 4.69) is 22.8 Å². The van der Waals surface area contributed by atoms with Gasteiger partial charge in [-0.25, -0.2) is 0 Å². The van der Waals surface area contributed by atoms with Gasteiger partial charge in [0.15, 0.2) is 0 Å². The van der Waals surface area contributed by atoms with Gasteiger partial charge in [-0.05, 0) is 41.8 Å². The van der Waals surface area contributed by atoms with Crippen LogP contribution in [0.5, 0.6) is 5.75 Å². The molecule has 1 atom stereocenters. The molecule has 1 aliphatic heterocycles. The van der Waals surface area contributed by atoms with E-state index < -0.39 is 0 Å². The first-order chi connectivity index (χ1) is 10.6. The minimum atomic E-state index is -0.182. The Morgan fingerprint density at radius 1 is 1.27 bits per heavy atom. The molecule has 0 spiro atoms. The average molecular weight is 296 g/mol. The Morgan fingerprint density at radius 2 is 2.05 bits per heavy atom. The van der Waals surface area contributed by atoms with Crippen molar-refractivity contribution < 1.29 is 9.90 Å². The highest BCUT2D eigenvalue weighted by Crippen LogP contribution is 2.35. The molecule has 1 amide bonds. The van der Waals surface area contributed by atoms with Gasteiger partial charge in [0.05, 0.1) is 5.69 Å². The second-order valence-corrected chi connectivity index (χ2v) is 5.67. The molecular formula is C18H20N2O2. The second kappa shape index (κ2) is 6.20. The van der Waals surface area contributed by atoms with Gasteiger partial charge in [-0.3, -0.25) is 4.79 Å². The number of carbonyl (C=O) groups is 1. The van der Waals surface area contributed by atoms with Gasteiger partial charge < -0.3 is 15.7 Å². The van der Waals surface area contributed by atoms with Gasteiger partial charge in [-0.1, -0.05) is 30.3 Å². The summed E-state index contributed by atoms with van der Waals surface area (Å²) in [5.74, 6) is 0.160. The number of hydrogen-bond acceptors (Lipinski definition) is 3. The molecule has 1 heterocycles. The van der Waals surface area contributed by atoms with Crippen LogP contribution in [0.15, 0.2) is 42.5 Å². The van der Waals surface area contributed by atoms with Crippen LogP contribution in [0.3, 0.4) is 0 Å². The Balaban J connectivity index is 2.08. The van der Waals surface area contributed by atoms with Crippen LogP contribution in [0.4, 0.5) is 5.69 Å². The van der Waals surface area contributed by atoms with Gasteiger partial charge in [0.25, 0.3) is 0 Å². The van der Waals surface area contributed by atoms with E-state index >= 15 is 0 Å². The van der Waals surface area contributed by atoms with E-state index in [-0.39, 0.29) is 17.6 Å². The Labute approximate surface area is 130 Å². The van der Waals surface area contributed by atoms with Crippen LogP contribution in [-0.2, 0) is 11.2 Å². The van der Waals surface area contributed by atoms with Crippen molar-refractivity contribution in [1.29, 1.82) is 0 Å². The maximum atomic E-state index is 11.3. The molecule has 0 radical (unpaired) electrons. The number of benzene rings is 2. The first-order valence-electron chi connectivity index (χ1n) is 7.54. The Bertz CT molecular complexity index is 683. The molecule has 0 fully saturated rings. The molecule has 4 heteroatoms. The molecule has 0 aliphatic carbocycles. The quantitative estimate of drug-likeness (QED) is 0.747. The number of nitrogens with one attached hydrogen (secondary N) is 2. The highest BCUT2D eigenvalue weighted by atomic mass is 16.3. The van der Waals surface area contributed by atoms with Crippen LogP contribution >= 0.6 is 0 Å². The van der Waals surface area contributed by atoms with Gasteiger partial charge in [0.1, 0.15) is 5.75 Å². The zero-order valence-corrected chi connectivity index (χ0v) is 12.6. The van der Waals surface area contributed by atoms with Crippen LogP contribution in [0.25, 0.3) is 0 Å². The summed E-state index contributed by atoms with van der Waals surface area (Å²) >= 11 is 0. The van der Waals surface area contributed by atoms with Gasteiger partial charge in [0.2, 0.25) is 5.91 Å². The maximum Gasteiger partial charge on any atom is 0.221 e. The molecule has 2 aromatic carbocycles. The number of aromatic hydroxyl groups is 1. The molecule has 3 N–H and O–H groups in total. The Morgan fingerprint density at radius 3 is 2.77 bits per heavy atom. The molecule has 4 nitrogen and oxygen atoms in total. The fourth-order valence-electron chi connectivity index (χ4n) is 3.04. The Kier molecular flexibility index (Phi) is 4.11. The summed E-state index contributed by atoms with van der Waals surface area (Å²) in [6.07, 6.45) is 0.868. The van der Waals surface area contributed by atoms with E-state index in [1.807, 2.05) is 24.3 Å². The van der Waals surface area contributed by atoms with Crippen molar-refractivity contribution in [3.63, 3.8) is 0 Å². The van der Waals surface area contributed by atoms with Gasteiger partial charge >= 0.3 is 0 Å². The fraction of sp³-hybridized carbons (Fsp3) is 0.278. The third-order valence-electron chi connectivity index (χ3n) is 4.07. The summed E-state index contributed by atoms with van der Waals surface area (Å²) in [6.45, 7) is 3.18. The molecule has 2 aromatic rings. The van der Waals surface area contributed by atoms with Gasteiger partial charge in [-0.2, -0.15) is 0 Å². The largest absolute Gasteiger partial charge is 0.506 e. The van der Waals surface area contributed by atoms with Crippen molar-refractivity contribution >= 4 is 11.6 Å². The lowest BCUT2D eigenvalue weighted by molar-refractivity contribution is -0.114. The van der Waals surface area contributed by atoms with Crippen molar-refractivity contribution in [3.8, 4) is 5.75 Å². The number of phenolic OH excluding ortho intramolecular Hbond substituents is 1. The maximum absolute atomic E-state index is 11.3. The number of amides is 1. The highest BCUT2D eigenvalue weighted by Gasteiger charge is 2.22. The van der Waals surface area contributed by atoms with Crippen molar-refractivity contribution in [1.82, 2.24) is 5.32 Å². The summed E-state index contributed by atoms with van der Waals surface area (Å²) in [5.41, 5.74) is 4.01. The minimum Gasteiger partial charge on any atom is -0.506 e. The molecule has 0 bridgehead atoms. The van der Waals surface area contributed by atoms with E-state index in [0.29, 0.717) is 5.69 Å². The first kappa shape index (κ1) is 14.6. The predicted molar refractivity (Wildman–Crippen MR) is 87.3 cm³/mol. The Hall–Kier alpha value is -2.33. The van der Waals surface area contributed by atoms with Crippen molar-refractivity contribution in [2.75, 3.05) is 18.4 Å². The smallest absolute Gasteiger partial charge is 0.221 e. The molecule has 0 saturated heterocycles. The van der Waals surface area contributed by atoms with Crippen LogP contribution in [0.1, 0.15) is 29.5 Å². The van der Waals surface area contributed by atoms with E-state index in [9.17, 15) is 9.90 Å². The van der Waals surface area contributed by atoms with Gasteiger partial charge in [0, 0.05) is 19.4 Å². The van der Waals surface area contributed by atoms with Crippen LogP contribution in [0.2, 0.25) is 0 Å². The number of hydrogen-bond donors (Lipinski definition) is 3. The topological polar surface area (TPSA) is 61.4 Å². The normalized spacial score (nSPS) is 17.4. The lowest BCUT2D eigenvalue weighted by Gasteiger charge is -2.20. The standard InChI is InChI=1S/C18H20N2O2/c1-12(21)20-17-10-15-14(9-18(17)22)7-8-19-11-16(15)13-5-3-2-4-6-13/h2-6,9-10,16,19,22H,7-8,11H2,1H3,(H,20,21). The molecule has 0 aromatic heterocycles. The summed E-state index contributed by atoms with van der Waals surface area (Å²) in [6, 6.07) is 14.0. The summed E-state index contributed by atoms with van der Waals surface area (Å²) in [4.78, 5) is 11.3. The average Bonchev–Trinajstić information content (AvgIpc) is 2.70. The fourth-order valence-corrected chi connectivity index (χ4v) is 3.04. The highest BCUT2D eigenvalue weighted by molar-refractivity contribution is 5.90. The molecule has 1 unspecified atom stereocenters. The van der Waals surface area contributed by atoms with Crippen LogP contribution in [0, 0.1) is 0 Å². The van der Waals surface area contributed by atoms with E-state index in [0.717, 1.165) is 30.6 Å². The van der Waals surface area contributed by atoms with Crippen molar-refractivity contribution in [2.45, 2.75) is 19.3 Å². The van der Waals surface area contributed by atoms with E-state index in [4.69, 9.17) is 0 Å². The minimum absolute atomic E-state index is 0.127. The third kappa shape index (κ3) is 2.97. The zero-order valence-electron chi connectivity index (χ0n) is 12.6.